The number of nitrogens with zero attached hydrogens (tertiary/aromatic N) is 2. The predicted octanol–water partition coefficient (Wildman–Crippen LogP) is 0.516. The average molecular weight is 259 g/mol. The van der Waals surface area contributed by atoms with E-state index >= 15 is 0 Å². The quantitative estimate of drug-likeness (QED) is 0.840. The summed E-state index contributed by atoms with van der Waals surface area (Å²) in [6, 6.07) is -0.153. The number of sulfonamides is 1. The third-order valence-corrected chi connectivity index (χ3v) is 4.71. The molecule has 0 aliphatic carbocycles. The standard InChI is InChI=1S/C10H17N3O3S/c1-7-6-16-8(2)5-13(7)17(14,15)10-4-11-9(3)12-10/h4,7-8H,5-6H2,1-3H3,(H,11,12). The Balaban J connectivity index is 2.31. The first kappa shape index (κ1) is 12.5. The minimum atomic E-state index is -3.49. The highest BCUT2D eigenvalue weighted by atomic mass is 32.2. The van der Waals surface area contributed by atoms with Crippen LogP contribution in [-0.2, 0) is 14.8 Å². The zero-order valence-corrected chi connectivity index (χ0v) is 11.0. The van der Waals surface area contributed by atoms with Crippen LogP contribution in [0, 0.1) is 6.92 Å². The van der Waals surface area contributed by atoms with Crippen LogP contribution in [0.25, 0.3) is 0 Å². The van der Waals surface area contributed by atoms with Gasteiger partial charge in [-0.05, 0) is 20.8 Å². The van der Waals surface area contributed by atoms with Gasteiger partial charge in [0.1, 0.15) is 5.82 Å². The molecule has 1 aromatic rings. The van der Waals surface area contributed by atoms with Gasteiger partial charge in [-0.15, -0.1) is 0 Å². The van der Waals surface area contributed by atoms with Crippen molar-refractivity contribution in [2.24, 2.45) is 0 Å². The van der Waals surface area contributed by atoms with Gasteiger partial charge >= 0.3 is 0 Å². The molecular formula is C10H17N3O3S. The van der Waals surface area contributed by atoms with E-state index in [-0.39, 0.29) is 17.2 Å². The summed E-state index contributed by atoms with van der Waals surface area (Å²) in [7, 11) is -3.49. The fraction of sp³-hybridized carbons (Fsp3) is 0.700. The molecule has 17 heavy (non-hydrogen) atoms. The van der Waals surface area contributed by atoms with Crippen LogP contribution in [-0.4, -0.2) is 48.0 Å². The van der Waals surface area contributed by atoms with E-state index in [2.05, 4.69) is 9.97 Å². The summed E-state index contributed by atoms with van der Waals surface area (Å²) in [6.07, 6.45) is 1.28. The Bertz CT molecular complexity index is 497. The lowest BCUT2D eigenvalue weighted by molar-refractivity contribution is -0.0171. The predicted molar refractivity (Wildman–Crippen MR) is 62.1 cm³/mol. The molecular weight excluding hydrogens is 242 g/mol. The largest absolute Gasteiger partial charge is 0.375 e. The minimum absolute atomic E-state index is 0.0787. The van der Waals surface area contributed by atoms with E-state index in [4.69, 9.17) is 4.74 Å². The second-order valence-corrected chi connectivity index (χ2v) is 6.26. The number of aromatic nitrogens is 2. The lowest BCUT2D eigenvalue weighted by Gasteiger charge is -2.35. The minimum Gasteiger partial charge on any atom is -0.375 e. The second kappa shape index (κ2) is 4.40. The third kappa shape index (κ3) is 2.36. The number of ether oxygens (including phenoxy) is 1. The van der Waals surface area contributed by atoms with Gasteiger partial charge in [0.25, 0.3) is 10.0 Å². The number of rotatable bonds is 2. The van der Waals surface area contributed by atoms with Crippen molar-refractivity contribution >= 4 is 10.0 Å². The van der Waals surface area contributed by atoms with E-state index in [0.29, 0.717) is 19.0 Å². The van der Waals surface area contributed by atoms with Crippen LogP contribution in [0.1, 0.15) is 19.7 Å². The number of hydrogen-bond acceptors (Lipinski definition) is 4. The summed E-state index contributed by atoms with van der Waals surface area (Å²) in [5, 5.41) is 0.149. The fourth-order valence-corrected chi connectivity index (χ4v) is 3.52. The van der Waals surface area contributed by atoms with Gasteiger partial charge in [-0.25, -0.2) is 13.4 Å². The molecule has 2 heterocycles. The molecule has 1 saturated heterocycles. The molecule has 1 aromatic heterocycles. The Labute approximate surface area is 101 Å². The highest BCUT2D eigenvalue weighted by Crippen LogP contribution is 2.21. The first-order chi connectivity index (χ1) is 7.91. The molecule has 2 unspecified atom stereocenters. The van der Waals surface area contributed by atoms with Gasteiger partial charge in [0, 0.05) is 12.6 Å². The van der Waals surface area contributed by atoms with Crippen molar-refractivity contribution in [2.45, 2.75) is 37.9 Å². The molecule has 96 valence electrons. The zero-order valence-electron chi connectivity index (χ0n) is 10.2. The van der Waals surface area contributed by atoms with E-state index in [0.717, 1.165) is 0 Å². The summed E-state index contributed by atoms with van der Waals surface area (Å²) in [4.78, 5) is 6.70. The van der Waals surface area contributed by atoms with Gasteiger partial charge in [0.2, 0.25) is 0 Å². The summed E-state index contributed by atoms with van der Waals surface area (Å²) >= 11 is 0. The van der Waals surface area contributed by atoms with Crippen LogP contribution in [0.3, 0.4) is 0 Å². The van der Waals surface area contributed by atoms with Crippen LogP contribution in [0.2, 0.25) is 0 Å². The number of morpholine rings is 1. The topological polar surface area (TPSA) is 75.3 Å². The van der Waals surface area contributed by atoms with Crippen molar-refractivity contribution in [1.82, 2.24) is 14.3 Å². The molecule has 0 saturated carbocycles. The van der Waals surface area contributed by atoms with Gasteiger partial charge in [-0.3, -0.25) is 0 Å². The summed E-state index contributed by atoms with van der Waals surface area (Å²) < 4.78 is 31.6. The molecule has 1 aliphatic heterocycles. The summed E-state index contributed by atoms with van der Waals surface area (Å²) in [5.74, 6) is 0.595. The lowest BCUT2D eigenvalue weighted by Crippen LogP contribution is -2.50. The van der Waals surface area contributed by atoms with Gasteiger partial charge in [0.05, 0.1) is 18.9 Å². The first-order valence-electron chi connectivity index (χ1n) is 5.56. The van der Waals surface area contributed by atoms with Crippen LogP contribution < -0.4 is 0 Å². The average Bonchev–Trinajstić information content (AvgIpc) is 2.69. The Hall–Kier alpha value is -0.920. The third-order valence-electron chi connectivity index (χ3n) is 2.82. The molecule has 0 radical (unpaired) electrons. The van der Waals surface area contributed by atoms with Gasteiger partial charge < -0.3 is 9.72 Å². The van der Waals surface area contributed by atoms with Gasteiger partial charge in [0.15, 0.2) is 5.03 Å². The van der Waals surface area contributed by atoms with Crippen LogP contribution in [0.15, 0.2) is 11.2 Å². The molecule has 1 aliphatic rings. The van der Waals surface area contributed by atoms with Crippen molar-refractivity contribution in [2.75, 3.05) is 13.2 Å². The number of nitrogens with one attached hydrogen (secondary N) is 1. The van der Waals surface area contributed by atoms with E-state index in [1.807, 2.05) is 13.8 Å². The molecule has 2 rings (SSSR count). The molecule has 0 aromatic carbocycles. The van der Waals surface area contributed by atoms with Crippen LogP contribution in [0.4, 0.5) is 0 Å². The molecule has 1 fully saturated rings. The fourth-order valence-electron chi connectivity index (χ4n) is 1.86. The normalized spacial score (nSPS) is 27.2. The zero-order chi connectivity index (χ0) is 12.6. The Morgan fingerprint density at radius 3 is 2.82 bits per heavy atom. The molecule has 7 heteroatoms. The molecule has 0 bridgehead atoms. The molecule has 0 amide bonds. The van der Waals surface area contributed by atoms with Crippen molar-refractivity contribution in [1.29, 1.82) is 0 Å². The van der Waals surface area contributed by atoms with E-state index in [9.17, 15) is 8.42 Å². The Morgan fingerprint density at radius 2 is 2.24 bits per heavy atom. The maximum absolute atomic E-state index is 12.4. The van der Waals surface area contributed by atoms with Crippen molar-refractivity contribution in [3.05, 3.63) is 12.0 Å². The van der Waals surface area contributed by atoms with Crippen molar-refractivity contribution in [3.8, 4) is 0 Å². The molecule has 0 spiro atoms. The maximum Gasteiger partial charge on any atom is 0.260 e. The van der Waals surface area contributed by atoms with Gasteiger partial charge in [-0.2, -0.15) is 4.31 Å². The van der Waals surface area contributed by atoms with E-state index < -0.39 is 10.0 Å². The number of hydrogen-bond donors (Lipinski definition) is 1. The molecule has 2 atom stereocenters. The lowest BCUT2D eigenvalue weighted by atomic mass is 10.2. The number of imidazole rings is 1. The van der Waals surface area contributed by atoms with Crippen LogP contribution in [0.5, 0.6) is 0 Å². The molecule has 1 N–H and O–H groups in total. The van der Waals surface area contributed by atoms with Crippen molar-refractivity contribution in [3.63, 3.8) is 0 Å². The monoisotopic (exact) mass is 259 g/mol. The summed E-state index contributed by atoms with van der Waals surface area (Å²) in [6.45, 7) is 6.23. The van der Waals surface area contributed by atoms with E-state index in [1.54, 1.807) is 6.92 Å². The molecule has 6 nitrogen and oxygen atoms in total. The SMILES string of the molecule is Cc1ncc(S(=O)(=O)N2CC(C)OCC2C)[nH]1. The van der Waals surface area contributed by atoms with Crippen LogP contribution >= 0.6 is 0 Å². The first-order valence-corrected chi connectivity index (χ1v) is 7.00. The maximum atomic E-state index is 12.4. The Morgan fingerprint density at radius 1 is 1.53 bits per heavy atom. The smallest absolute Gasteiger partial charge is 0.260 e. The van der Waals surface area contributed by atoms with Crippen molar-refractivity contribution < 1.29 is 13.2 Å². The summed E-state index contributed by atoms with van der Waals surface area (Å²) in [5.41, 5.74) is 0. The highest BCUT2D eigenvalue weighted by molar-refractivity contribution is 7.89. The number of H-pyrrole nitrogens is 1. The van der Waals surface area contributed by atoms with Gasteiger partial charge in [-0.1, -0.05) is 0 Å². The number of aromatic amines is 1. The van der Waals surface area contributed by atoms with E-state index in [1.165, 1.54) is 10.5 Å². The second-order valence-electron chi connectivity index (χ2n) is 4.40. The Kier molecular flexibility index (Phi) is 3.24. The number of aryl methyl sites for hydroxylation is 1. The highest BCUT2D eigenvalue weighted by Gasteiger charge is 2.35.